The smallest absolute Gasteiger partial charge is 0.116 e. The molecular weight excluding hydrogens is 90.1 g/mol. The van der Waals surface area contributed by atoms with Crippen LogP contribution in [-0.4, -0.2) is 29.3 Å². The molecule has 0 saturated carbocycles. The van der Waals surface area contributed by atoms with E-state index in [1.807, 2.05) is 18.9 Å². The fourth-order valence-corrected chi connectivity index (χ4v) is 0.659. The molecule has 7 heavy (non-hydrogen) atoms. The van der Waals surface area contributed by atoms with Gasteiger partial charge in [-0.1, -0.05) is 0 Å². The van der Waals surface area contributed by atoms with E-state index in [1.54, 1.807) is 0 Å². The lowest BCUT2D eigenvalue weighted by atomic mass is 10.0. The molecule has 0 spiro atoms. The number of hydrogen-bond donors (Lipinski definition) is 1. The second-order valence-electron chi connectivity index (χ2n) is 2.39. The van der Waals surface area contributed by atoms with E-state index in [-0.39, 0.29) is 0 Å². The van der Waals surface area contributed by atoms with Crippen molar-refractivity contribution in [2.75, 3.05) is 13.6 Å². The van der Waals surface area contributed by atoms with E-state index in [0.29, 0.717) is 0 Å². The molecule has 0 amide bonds. The zero-order chi connectivity index (χ0) is 5.49. The highest BCUT2D eigenvalue weighted by molar-refractivity contribution is 4.82. The Labute approximate surface area is 43.7 Å². The van der Waals surface area contributed by atoms with Gasteiger partial charge in [-0.05, 0) is 14.0 Å². The molecule has 0 aromatic carbocycles. The van der Waals surface area contributed by atoms with Crippen molar-refractivity contribution in [2.24, 2.45) is 0 Å². The summed E-state index contributed by atoms with van der Waals surface area (Å²) in [5.74, 6) is 0. The first kappa shape index (κ1) is 5.06. The maximum atomic E-state index is 9.11. The van der Waals surface area contributed by atoms with Crippen molar-refractivity contribution < 1.29 is 5.11 Å². The van der Waals surface area contributed by atoms with Crippen LogP contribution in [0.25, 0.3) is 0 Å². The molecule has 1 atom stereocenters. The largest absolute Gasteiger partial charge is 0.376 e. The van der Waals surface area contributed by atoms with Gasteiger partial charge in [-0.2, -0.15) is 0 Å². The molecule has 1 unspecified atom stereocenters. The fourth-order valence-electron chi connectivity index (χ4n) is 0.659. The van der Waals surface area contributed by atoms with Gasteiger partial charge in [-0.15, -0.1) is 0 Å². The van der Waals surface area contributed by atoms with Gasteiger partial charge < -0.3 is 5.11 Å². The first-order valence-corrected chi connectivity index (χ1v) is 2.56. The van der Waals surface area contributed by atoms with Gasteiger partial charge in [0.05, 0.1) is 0 Å². The van der Waals surface area contributed by atoms with E-state index >= 15 is 0 Å². The number of likely N-dealkylation sites (tertiary alicyclic amines) is 1. The molecule has 1 N–H and O–H groups in total. The lowest BCUT2D eigenvalue weighted by Crippen LogP contribution is -2.55. The van der Waals surface area contributed by atoms with Crippen LogP contribution in [0.1, 0.15) is 13.3 Å². The predicted octanol–water partition coefficient (Wildman–Crippen LogP) is 0.0304. The summed E-state index contributed by atoms with van der Waals surface area (Å²) in [6, 6.07) is 0. The molecule has 1 saturated heterocycles. The molecule has 42 valence electrons. The quantitative estimate of drug-likeness (QED) is 0.465. The Bertz CT molecular complexity index is 80.1. The minimum Gasteiger partial charge on any atom is -0.376 e. The molecule has 0 aromatic rings. The highest BCUT2D eigenvalue weighted by Crippen LogP contribution is 2.23. The average Bonchev–Trinajstić information content (AvgIpc) is 1.63. The SMILES string of the molecule is CN1CCC1(C)O. The lowest BCUT2D eigenvalue weighted by molar-refractivity contribution is -0.152. The lowest BCUT2D eigenvalue weighted by Gasteiger charge is -2.43. The van der Waals surface area contributed by atoms with E-state index in [2.05, 4.69) is 0 Å². The van der Waals surface area contributed by atoms with E-state index in [1.165, 1.54) is 0 Å². The first-order valence-electron chi connectivity index (χ1n) is 2.56. The Kier molecular flexibility index (Phi) is 0.869. The molecule has 0 radical (unpaired) electrons. The number of hydrogen-bond acceptors (Lipinski definition) is 2. The van der Waals surface area contributed by atoms with Gasteiger partial charge in [0, 0.05) is 13.0 Å². The molecule has 1 heterocycles. The van der Waals surface area contributed by atoms with Gasteiger partial charge in [0.15, 0.2) is 0 Å². The van der Waals surface area contributed by atoms with E-state index in [4.69, 9.17) is 5.11 Å². The number of aliphatic hydroxyl groups is 1. The zero-order valence-electron chi connectivity index (χ0n) is 4.81. The standard InChI is InChI=1S/C5H11NO/c1-5(7)3-4-6(5)2/h7H,3-4H2,1-2H3. The van der Waals surface area contributed by atoms with E-state index in [0.717, 1.165) is 13.0 Å². The molecule has 1 aliphatic heterocycles. The summed E-state index contributed by atoms with van der Waals surface area (Å²) >= 11 is 0. The zero-order valence-corrected chi connectivity index (χ0v) is 4.81. The van der Waals surface area contributed by atoms with Crippen LogP contribution in [0.3, 0.4) is 0 Å². The summed E-state index contributed by atoms with van der Waals surface area (Å²) in [7, 11) is 1.92. The predicted molar refractivity (Wildman–Crippen MR) is 27.9 cm³/mol. The van der Waals surface area contributed by atoms with Crippen molar-refractivity contribution in [2.45, 2.75) is 19.1 Å². The van der Waals surface area contributed by atoms with Crippen LogP contribution in [0.5, 0.6) is 0 Å². The number of nitrogens with zero attached hydrogens (tertiary/aromatic N) is 1. The van der Waals surface area contributed by atoms with E-state index < -0.39 is 5.72 Å². The van der Waals surface area contributed by atoms with Gasteiger partial charge >= 0.3 is 0 Å². The average molecular weight is 101 g/mol. The second kappa shape index (κ2) is 1.20. The van der Waals surface area contributed by atoms with Crippen LogP contribution in [0.4, 0.5) is 0 Å². The van der Waals surface area contributed by atoms with Gasteiger partial charge in [0.25, 0.3) is 0 Å². The van der Waals surface area contributed by atoms with Crippen LogP contribution in [0, 0.1) is 0 Å². The van der Waals surface area contributed by atoms with Gasteiger partial charge in [0.2, 0.25) is 0 Å². The molecule has 0 aliphatic carbocycles. The van der Waals surface area contributed by atoms with Crippen LogP contribution in [0.2, 0.25) is 0 Å². The van der Waals surface area contributed by atoms with Crippen molar-refractivity contribution in [1.82, 2.24) is 4.90 Å². The molecule has 1 fully saturated rings. The molecule has 0 aromatic heterocycles. The molecule has 0 bridgehead atoms. The van der Waals surface area contributed by atoms with Gasteiger partial charge in [-0.25, -0.2) is 0 Å². The Morgan fingerprint density at radius 1 is 1.71 bits per heavy atom. The first-order chi connectivity index (χ1) is 3.13. The summed E-state index contributed by atoms with van der Waals surface area (Å²) in [6.07, 6.45) is 0.920. The van der Waals surface area contributed by atoms with Crippen molar-refractivity contribution >= 4 is 0 Å². The highest BCUT2D eigenvalue weighted by Gasteiger charge is 2.34. The summed E-state index contributed by atoms with van der Waals surface area (Å²) < 4.78 is 0. The molecule has 1 aliphatic rings. The third-order valence-electron chi connectivity index (χ3n) is 1.74. The minimum absolute atomic E-state index is 0.486. The van der Waals surface area contributed by atoms with Crippen LogP contribution in [-0.2, 0) is 0 Å². The van der Waals surface area contributed by atoms with Crippen molar-refractivity contribution in [1.29, 1.82) is 0 Å². The summed E-state index contributed by atoms with van der Waals surface area (Å²) in [4.78, 5) is 1.92. The van der Waals surface area contributed by atoms with Crippen molar-refractivity contribution in [3.63, 3.8) is 0 Å². The molecule has 1 rings (SSSR count). The third kappa shape index (κ3) is 0.640. The van der Waals surface area contributed by atoms with Gasteiger partial charge in [-0.3, -0.25) is 4.90 Å². The number of rotatable bonds is 0. The second-order valence-corrected chi connectivity index (χ2v) is 2.39. The monoisotopic (exact) mass is 101 g/mol. The maximum Gasteiger partial charge on any atom is 0.116 e. The highest BCUT2D eigenvalue weighted by atomic mass is 16.3. The Balaban J connectivity index is 2.43. The van der Waals surface area contributed by atoms with Crippen LogP contribution >= 0.6 is 0 Å². The fraction of sp³-hybridized carbons (Fsp3) is 1.00. The van der Waals surface area contributed by atoms with Crippen LogP contribution < -0.4 is 0 Å². The molecule has 2 heteroatoms. The Morgan fingerprint density at radius 3 is 2.14 bits per heavy atom. The Hall–Kier alpha value is -0.0800. The summed E-state index contributed by atoms with van der Waals surface area (Å²) in [5, 5.41) is 9.11. The molecular formula is C5H11NO. The maximum absolute atomic E-state index is 9.11. The third-order valence-corrected chi connectivity index (χ3v) is 1.74. The van der Waals surface area contributed by atoms with Crippen molar-refractivity contribution in [3.05, 3.63) is 0 Å². The van der Waals surface area contributed by atoms with Gasteiger partial charge in [0.1, 0.15) is 5.72 Å². The van der Waals surface area contributed by atoms with E-state index in [9.17, 15) is 0 Å². The normalized spacial score (nSPS) is 43.3. The summed E-state index contributed by atoms with van der Waals surface area (Å²) in [5.41, 5.74) is -0.486. The Morgan fingerprint density at radius 2 is 2.14 bits per heavy atom. The molecule has 2 nitrogen and oxygen atoms in total. The van der Waals surface area contributed by atoms with Crippen molar-refractivity contribution in [3.8, 4) is 0 Å². The topological polar surface area (TPSA) is 23.5 Å². The van der Waals surface area contributed by atoms with Crippen LogP contribution in [0.15, 0.2) is 0 Å². The summed E-state index contributed by atoms with van der Waals surface area (Å²) in [6.45, 7) is 2.86. The minimum atomic E-state index is -0.486.